The van der Waals surface area contributed by atoms with Crippen LogP contribution in [0, 0.1) is 11.8 Å². The third-order valence-corrected chi connectivity index (χ3v) is 2.62. The van der Waals surface area contributed by atoms with Crippen LogP contribution < -0.4 is 5.73 Å². The maximum absolute atomic E-state index is 12.6. The van der Waals surface area contributed by atoms with E-state index < -0.39 is 24.1 Å². The van der Waals surface area contributed by atoms with Crippen molar-refractivity contribution in [2.75, 3.05) is 6.61 Å². The van der Waals surface area contributed by atoms with Crippen molar-refractivity contribution in [1.82, 2.24) is 0 Å². The van der Waals surface area contributed by atoms with Crippen LogP contribution in [-0.2, 0) is 9.53 Å². The van der Waals surface area contributed by atoms with Crippen molar-refractivity contribution in [3.05, 3.63) is 0 Å². The van der Waals surface area contributed by atoms with Crippen LogP contribution in [0.5, 0.6) is 0 Å². The molecule has 0 rings (SSSR count). The van der Waals surface area contributed by atoms with Crippen molar-refractivity contribution >= 4 is 5.97 Å². The first-order valence-corrected chi connectivity index (χ1v) is 6.19. The Bertz CT molecular complexity index is 254. The summed E-state index contributed by atoms with van der Waals surface area (Å²) in [6, 6.07) is -2.15. The standard InChI is InChI=1S/C12H22F3NO2/c1-4-7-18-11(17)9(6-5-8(2)3)10(16)12(13,14)15/h8-10H,4-7,16H2,1-3H3/t9-,10-/m1/s1. The van der Waals surface area contributed by atoms with Gasteiger partial charge in [0, 0.05) is 0 Å². The number of rotatable bonds is 7. The van der Waals surface area contributed by atoms with E-state index in [9.17, 15) is 18.0 Å². The highest BCUT2D eigenvalue weighted by Gasteiger charge is 2.45. The number of nitrogens with two attached hydrogens (primary N) is 1. The molecule has 0 unspecified atom stereocenters. The van der Waals surface area contributed by atoms with Crippen molar-refractivity contribution in [3.63, 3.8) is 0 Å². The highest BCUT2D eigenvalue weighted by Crippen LogP contribution is 2.28. The number of alkyl halides is 3. The number of esters is 1. The molecule has 0 aliphatic rings. The van der Waals surface area contributed by atoms with Gasteiger partial charge in [0.15, 0.2) is 0 Å². The lowest BCUT2D eigenvalue weighted by Crippen LogP contribution is -2.47. The third kappa shape index (κ3) is 6.23. The lowest BCUT2D eigenvalue weighted by molar-refractivity contribution is -0.177. The van der Waals surface area contributed by atoms with Crippen molar-refractivity contribution in [1.29, 1.82) is 0 Å². The minimum atomic E-state index is -4.58. The summed E-state index contributed by atoms with van der Waals surface area (Å²) in [4.78, 5) is 11.6. The molecule has 2 atom stereocenters. The van der Waals surface area contributed by atoms with Gasteiger partial charge in [0.05, 0.1) is 12.5 Å². The molecule has 0 saturated carbocycles. The zero-order valence-corrected chi connectivity index (χ0v) is 11.1. The minimum absolute atomic E-state index is 0.0981. The molecule has 0 amide bonds. The summed E-state index contributed by atoms with van der Waals surface area (Å²) < 4.78 is 42.5. The van der Waals surface area contributed by atoms with Gasteiger partial charge in [-0.15, -0.1) is 0 Å². The molecule has 18 heavy (non-hydrogen) atoms. The lowest BCUT2D eigenvalue weighted by Gasteiger charge is -2.24. The Balaban J connectivity index is 4.65. The Labute approximate surface area is 106 Å². The molecule has 0 heterocycles. The molecule has 3 nitrogen and oxygen atoms in total. The maximum atomic E-state index is 12.6. The number of hydrogen-bond donors (Lipinski definition) is 1. The van der Waals surface area contributed by atoms with E-state index in [1.54, 1.807) is 6.92 Å². The molecule has 0 aliphatic carbocycles. The van der Waals surface area contributed by atoms with E-state index in [4.69, 9.17) is 10.5 Å². The third-order valence-electron chi connectivity index (χ3n) is 2.62. The first-order chi connectivity index (χ1) is 8.20. The van der Waals surface area contributed by atoms with Crippen molar-refractivity contribution in [2.45, 2.75) is 52.3 Å². The van der Waals surface area contributed by atoms with Crippen LogP contribution in [0.3, 0.4) is 0 Å². The van der Waals surface area contributed by atoms with Gasteiger partial charge in [-0.25, -0.2) is 0 Å². The fourth-order valence-electron chi connectivity index (χ4n) is 1.49. The Hall–Kier alpha value is -0.780. The quantitative estimate of drug-likeness (QED) is 0.723. The van der Waals surface area contributed by atoms with Crippen LogP contribution in [0.25, 0.3) is 0 Å². The van der Waals surface area contributed by atoms with E-state index in [1.807, 2.05) is 13.8 Å². The van der Waals surface area contributed by atoms with E-state index in [1.165, 1.54) is 0 Å². The predicted octanol–water partition coefficient (Wildman–Crippen LogP) is 2.88. The average Bonchev–Trinajstić information content (AvgIpc) is 2.24. The van der Waals surface area contributed by atoms with Crippen molar-refractivity contribution in [2.24, 2.45) is 17.6 Å². The second-order valence-electron chi connectivity index (χ2n) is 4.81. The maximum Gasteiger partial charge on any atom is 0.404 e. The first-order valence-electron chi connectivity index (χ1n) is 6.19. The fourth-order valence-corrected chi connectivity index (χ4v) is 1.49. The van der Waals surface area contributed by atoms with E-state index in [0.717, 1.165) is 0 Å². The first kappa shape index (κ1) is 17.2. The van der Waals surface area contributed by atoms with Crippen LogP contribution >= 0.6 is 0 Å². The van der Waals surface area contributed by atoms with Gasteiger partial charge in [-0.05, 0) is 18.8 Å². The molecule has 0 radical (unpaired) electrons. The van der Waals surface area contributed by atoms with Gasteiger partial charge in [-0.3, -0.25) is 4.79 Å². The van der Waals surface area contributed by atoms with Crippen LogP contribution in [0.1, 0.15) is 40.0 Å². The normalized spacial score (nSPS) is 15.6. The second kappa shape index (κ2) is 7.61. The molecule has 0 aromatic rings. The second-order valence-corrected chi connectivity index (χ2v) is 4.81. The molecule has 0 aliphatic heterocycles. The van der Waals surface area contributed by atoms with Crippen LogP contribution in [-0.4, -0.2) is 24.8 Å². The van der Waals surface area contributed by atoms with Gasteiger partial charge < -0.3 is 10.5 Å². The Morgan fingerprint density at radius 2 is 1.83 bits per heavy atom. The Morgan fingerprint density at radius 1 is 1.28 bits per heavy atom. The van der Waals surface area contributed by atoms with Crippen LogP contribution in [0.2, 0.25) is 0 Å². The zero-order chi connectivity index (χ0) is 14.3. The summed E-state index contributed by atoms with van der Waals surface area (Å²) in [5, 5.41) is 0. The van der Waals surface area contributed by atoms with Gasteiger partial charge in [-0.1, -0.05) is 27.2 Å². The summed E-state index contributed by atoms with van der Waals surface area (Å²) in [5.41, 5.74) is 5.13. The molecule has 0 aromatic carbocycles. The average molecular weight is 269 g/mol. The lowest BCUT2D eigenvalue weighted by atomic mass is 9.91. The monoisotopic (exact) mass is 269 g/mol. The van der Waals surface area contributed by atoms with Gasteiger partial charge in [0.1, 0.15) is 6.04 Å². The van der Waals surface area contributed by atoms with Gasteiger partial charge >= 0.3 is 12.1 Å². The van der Waals surface area contributed by atoms with Crippen molar-refractivity contribution < 1.29 is 22.7 Å². The summed E-state index contributed by atoms with van der Waals surface area (Å²) in [6.07, 6.45) is -3.40. The van der Waals surface area contributed by atoms with Gasteiger partial charge in [0.2, 0.25) is 0 Å². The topological polar surface area (TPSA) is 52.3 Å². The Morgan fingerprint density at radius 3 is 2.22 bits per heavy atom. The zero-order valence-electron chi connectivity index (χ0n) is 11.1. The van der Waals surface area contributed by atoms with E-state index >= 15 is 0 Å². The summed E-state index contributed by atoms with van der Waals surface area (Å²) >= 11 is 0. The van der Waals surface area contributed by atoms with E-state index in [-0.39, 0.29) is 18.9 Å². The van der Waals surface area contributed by atoms with Crippen LogP contribution in [0.4, 0.5) is 13.2 Å². The van der Waals surface area contributed by atoms with Gasteiger partial charge in [-0.2, -0.15) is 13.2 Å². The molecule has 0 bridgehead atoms. The number of ether oxygens (including phenoxy) is 1. The summed E-state index contributed by atoms with van der Waals surface area (Å²) in [6.45, 7) is 5.67. The summed E-state index contributed by atoms with van der Waals surface area (Å²) in [5.74, 6) is -1.94. The minimum Gasteiger partial charge on any atom is -0.465 e. The van der Waals surface area contributed by atoms with E-state index in [2.05, 4.69) is 0 Å². The number of halogens is 3. The summed E-state index contributed by atoms with van der Waals surface area (Å²) in [7, 11) is 0. The molecule has 0 aromatic heterocycles. The molecular formula is C12H22F3NO2. The Kier molecular flexibility index (Phi) is 7.28. The molecule has 6 heteroatoms. The molecule has 0 fully saturated rings. The largest absolute Gasteiger partial charge is 0.465 e. The molecular weight excluding hydrogens is 247 g/mol. The molecule has 0 spiro atoms. The highest BCUT2D eigenvalue weighted by molar-refractivity contribution is 5.73. The number of carbonyl (C=O) groups is 1. The molecule has 108 valence electrons. The SMILES string of the molecule is CCCOC(=O)[C@H](CCC(C)C)[C@@H](N)C(F)(F)F. The molecule has 2 N–H and O–H groups in total. The van der Waals surface area contributed by atoms with Crippen molar-refractivity contribution in [3.8, 4) is 0 Å². The molecule has 0 saturated heterocycles. The number of carbonyl (C=O) groups excluding carboxylic acids is 1. The predicted molar refractivity (Wildman–Crippen MR) is 62.8 cm³/mol. The fraction of sp³-hybridized carbons (Fsp3) is 0.917. The highest BCUT2D eigenvalue weighted by atomic mass is 19.4. The van der Waals surface area contributed by atoms with Crippen LogP contribution in [0.15, 0.2) is 0 Å². The van der Waals surface area contributed by atoms with Gasteiger partial charge in [0.25, 0.3) is 0 Å². The van der Waals surface area contributed by atoms with E-state index in [0.29, 0.717) is 12.8 Å². The smallest absolute Gasteiger partial charge is 0.404 e. The number of hydrogen-bond acceptors (Lipinski definition) is 3.